The number of hydrogen-bond donors (Lipinski definition) is 0. The fraction of sp³-hybridized carbons (Fsp3) is 0.382. The molecule has 0 spiro atoms. The van der Waals surface area contributed by atoms with Crippen molar-refractivity contribution in [3.8, 4) is 5.75 Å². The Morgan fingerprint density at radius 1 is 0.750 bits per heavy atom. The maximum atomic E-state index is 12.2. The summed E-state index contributed by atoms with van der Waals surface area (Å²) in [5.41, 5.74) is 4.57. The minimum absolute atomic E-state index is 0. The van der Waals surface area contributed by atoms with E-state index >= 15 is 0 Å². The van der Waals surface area contributed by atoms with Gasteiger partial charge in [-0.15, -0.1) is 0 Å². The summed E-state index contributed by atoms with van der Waals surface area (Å²) in [5.74, 6) is 0.802. The van der Waals surface area contributed by atoms with Crippen LogP contribution in [0.2, 0.25) is 0 Å². The van der Waals surface area contributed by atoms with E-state index in [4.69, 9.17) is 9.47 Å². The maximum Gasteiger partial charge on any atom is 0.310 e. The van der Waals surface area contributed by atoms with E-state index in [-0.39, 0.29) is 29.9 Å². The predicted molar refractivity (Wildman–Crippen MR) is 161 cm³/mol. The predicted octanol–water partition coefficient (Wildman–Crippen LogP) is 4.55. The Hall–Kier alpha value is -2.84. The Balaban J connectivity index is 0.00000441. The van der Waals surface area contributed by atoms with Crippen LogP contribution in [0.15, 0.2) is 85.1 Å². The van der Waals surface area contributed by atoms with Crippen molar-refractivity contribution in [2.45, 2.75) is 58.1 Å². The van der Waals surface area contributed by atoms with Crippen LogP contribution in [-0.2, 0) is 29.1 Å². The standard InChI is InChI=1S/C34H43N2O3.HI/c1-36(2,3)31-20-18-28(19-21-31)26-33(37)38-25-12-7-5-4-6-11-23-35-24-22-30-16-13-17-32(34(30)35)39-27-29-14-9-8-10-15-29;/h8-10,13-22,24H,4-7,11-12,23,25-27H2,1-3H3;1H/q+1;/p-1. The third kappa shape index (κ3) is 9.66. The molecule has 0 aliphatic carbocycles. The first kappa shape index (κ1) is 31.7. The van der Waals surface area contributed by atoms with Gasteiger partial charge in [0.25, 0.3) is 0 Å². The summed E-state index contributed by atoms with van der Waals surface area (Å²) in [6.07, 6.45) is 9.22. The lowest BCUT2D eigenvalue weighted by molar-refractivity contribution is -0.142. The molecule has 0 aliphatic heterocycles. The molecule has 0 atom stereocenters. The first-order valence-electron chi connectivity index (χ1n) is 14.2. The van der Waals surface area contributed by atoms with Gasteiger partial charge in [-0.3, -0.25) is 9.28 Å². The van der Waals surface area contributed by atoms with Crippen LogP contribution >= 0.6 is 0 Å². The van der Waals surface area contributed by atoms with Gasteiger partial charge >= 0.3 is 5.97 Å². The second-order valence-electron chi connectivity index (χ2n) is 11.2. The van der Waals surface area contributed by atoms with Gasteiger partial charge in [0.15, 0.2) is 0 Å². The summed E-state index contributed by atoms with van der Waals surface area (Å²) < 4.78 is 14.7. The molecular weight excluding hydrogens is 611 g/mol. The highest BCUT2D eigenvalue weighted by Crippen LogP contribution is 2.28. The van der Waals surface area contributed by atoms with Crippen LogP contribution in [0.5, 0.6) is 5.75 Å². The summed E-state index contributed by atoms with van der Waals surface area (Å²) in [7, 11) is 6.39. The molecule has 0 amide bonds. The largest absolute Gasteiger partial charge is 1.00 e. The summed E-state index contributed by atoms with van der Waals surface area (Å²) in [6, 6.07) is 27.0. The van der Waals surface area contributed by atoms with Gasteiger partial charge in [-0.25, -0.2) is 0 Å². The maximum absolute atomic E-state index is 12.2. The highest BCUT2D eigenvalue weighted by molar-refractivity contribution is 5.86. The fourth-order valence-electron chi connectivity index (χ4n) is 4.82. The number of ether oxygens (including phenoxy) is 2. The second-order valence-corrected chi connectivity index (χ2v) is 11.2. The molecule has 0 N–H and O–H groups in total. The second kappa shape index (κ2) is 15.8. The van der Waals surface area contributed by atoms with E-state index in [1.807, 2.05) is 30.3 Å². The van der Waals surface area contributed by atoms with E-state index in [1.165, 1.54) is 41.4 Å². The van der Waals surface area contributed by atoms with Crippen LogP contribution in [0, 0.1) is 0 Å². The van der Waals surface area contributed by atoms with E-state index in [0.717, 1.165) is 41.6 Å². The summed E-state index contributed by atoms with van der Waals surface area (Å²) in [5, 5.41) is 1.22. The number of halogens is 1. The van der Waals surface area contributed by atoms with E-state index in [2.05, 4.69) is 80.4 Å². The van der Waals surface area contributed by atoms with E-state index in [9.17, 15) is 4.79 Å². The van der Waals surface area contributed by atoms with Crippen molar-refractivity contribution in [1.29, 1.82) is 0 Å². The average Bonchev–Trinajstić information content (AvgIpc) is 3.35. The highest BCUT2D eigenvalue weighted by Gasteiger charge is 2.12. The minimum Gasteiger partial charge on any atom is -1.00 e. The quantitative estimate of drug-likeness (QED) is 0.0819. The minimum atomic E-state index is -0.140. The number of rotatable bonds is 15. The highest BCUT2D eigenvalue weighted by atomic mass is 127. The van der Waals surface area contributed by atoms with E-state index < -0.39 is 0 Å². The summed E-state index contributed by atoms with van der Waals surface area (Å²) in [4.78, 5) is 12.2. The van der Waals surface area contributed by atoms with Gasteiger partial charge < -0.3 is 38.0 Å². The van der Waals surface area contributed by atoms with Crippen molar-refractivity contribution < 1.29 is 38.2 Å². The topological polar surface area (TPSA) is 40.5 Å². The molecule has 1 aromatic heterocycles. The number of unbranched alkanes of at least 4 members (excludes halogenated alkanes) is 5. The van der Waals surface area contributed by atoms with Gasteiger partial charge in [-0.1, -0.05) is 80.3 Å². The van der Waals surface area contributed by atoms with Gasteiger partial charge in [0.1, 0.15) is 18.0 Å². The molecule has 0 unspecified atom stereocenters. The lowest BCUT2D eigenvalue weighted by Crippen LogP contribution is -3.00. The van der Waals surface area contributed by atoms with Crippen LogP contribution in [0.25, 0.3) is 10.9 Å². The molecule has 6 heteroatoms. The number of carbonyl (C=O) groups is 1. The molecule has 0 radical (unpaired) electrons. The van der Waals surface area contributed by atoms with Gasteiger partial charge in [0, 0.05) is 18.1 Å². The smallest absolute Gasteiger partial charge is 0.310 e. The number of aryl methyl sites for hydroxylation is 1. The molecule has 0 bridgehead atoms. The molecule has 0 saturated carbocycles. The normalized spacial score (nSPS) is 11.3. The monoisotopic (exact) mass is 654 g/mol. The molecule has 4 rings (SSSR count). The van der Waals surface area contributed by atoms with Gasteiger partial charge in [0.2, 0.25) is 0 Å². The first-order chi connectivity index (χ1) is 18.9. The number of para-hydroxylation sites is 1. The van der Waals surface area contributed by atoms with Crippen molar-refractivity contribution in [3.63, 3.8) is 0 Å². The number of hydrogen-bond acceptors (Lipinski definition) is 3. The number of quaternary nitrogens is 1. The Morgan fingerprint density at radius 3 is 2.17 bits per heavy atom. The third-order valence-corrected chi connectivity index (χ3v) is 7.10. The number of fused-ring (bicyclic) bond motifs is 1. The zero-order valence-electron chi connectivity index (χ0n) is 24.2. The van der Waals surface area contributed by atoms with Crippen molar-refractivity contribution >= 4 is 22.6 Å². The van der Waals surface area contributed by atoms with Crippen molar-refractivity contribution in [2.24, 2.45) is 0 Å². The van der Waals surface area contributed by atoms with Crippen molar-refractivity contribution in [1.82, 2.24) is 9.05 Å². The van der Waals surface area contributed by atoms with Crippen molar-refractivity contribution in [3.05, 3.63) is 96.2 Å². The first-order valence-corrected chi connectivity index (χ1v) is 14.2. The zero-order valence-corrected chi connectivity index (χ0v) is 26.3. The number of carbonyl (C=O) groups excluding carboxylic acids is 1. The number of esters is 1. The van der Waals surface area contributed by atoms with Crippen LogP contribution in [-0.4, -0.2) is 38.3 Å². The molecule has 0 fully saturated rings. The third-order valence-electron chi connectivity index (χ3n) is 7.10. The number of aromatic nitrogens is 1. The van der Waals surface area contributed by atoms with E-state index in [1.54, 1.807) is 0 Å². The molecule has 1 heterocycles. The molecule has 214 valence electrons. The van der Waals surface area contributed by atoms with E-state index in [0.29, 0.717) is 19.6 Å². The summed E-state index contributed by atoms with van der Waals surface area (Å²) in [6.45, 7) is 2.07. The number of benzene rings is 3. The molecule has 5 nitrogen and oxygen atoms in total. The lowest BCUT2D eigenvalue weighted by Gasteiger charge is -2.23. The van der Waals surface area contributed by atoms with Crippen LogP contribution in [0.1, 0.15) is 49.7 Å². The van der Waals surface area contributed by atoms with Gasteiger partial charge in [-0.2, -0.15) is 0 Å². The molecular formula is C34H43IN2O3. The Labute approximate surface area is 256 Å². The Morgan fingerprint density at radius 2 is 1.45 bits per heavy atom. The van der Waals surface area contributed by atoms with Crippen LogP contribution in [0.3, 0.4) is 0 Å². The van der Waals surface area contributed by atoms with Crippen LogP contribution in [0.4, 0.5) is 5.69 Å². The molecule has 0 aliphatic rings. The molecule has 40 heavy (non-hydrogen) atoms. The summed E-state index contributed by atoms with van der Waals surface area (Å²) >= 11 is 0. The number of nitrogens with zero attached hydrogens (tertiary/aromatic N) is 2. The van der Waals surface area contributed by atoms with Gasteiger partial charge in [0.05, 0.1) is 39.7 Å². The Bertz CT molecular complexity index is 1310. The van der Waals surface area contributed by atoms with Gasteiger partial charge in [-0.05, 0) is 48.2 Å². The average molecular weight is 655 g/mol. The lowest BCUT2D eigenvalue weighted by atomic mass is 10.1. The van der Waals surface area contributed by atoms with Crippen LogP contribution < -0.4 is 33.2 Å². The fourth-order valence-corrected chi connectivity index (χ4v) is 4.82. The SMILES string of the molecule is C[N+](C)(C)c1ccc(CC(=O)OCCCCCCCCn2ccc3cccc(OCc4ccccc4)c32)cc1.[I-]. The van der Waals surface area contributed by atoms with Crippen molar-refractivity contribution in [2.75, 3.05) is 27.7 Å². The molecule has 0 saturated heterocycles. The molecule has 3 aromatic carbocycles. The molecule has 4 aromatic rings. The zero-order chi connectivity index (χ0) is 27.5. The Kier molecular flexibility index (Phi) is 12.5.